The van der Waals surface area contributed by atoms with Crippen LogP contribution in [0.15, 0.2) is 30.4 Å². The molecule has 17 heavy (non-hydrogen) atoms. The highest BCUT2D eigenvalue weighted by molar-refractivity contribution is 5.87. The van der Waals surface area contributed by atoms with Crippen LogP contribution in [0.5, 0.6) is 0 Å². The zero-order chi connectivity index (χ0) is 12.3. The summed E-state index contributed by atoms with van der Waals surface area (Å²) in [5, 5.41) is 12.0. The minimum absolute atomic E-state index is 0.281. The monoisotopic (exact) mass is 235 g/mol. The maximum Gasteiger partial charge on any atom is 0.338 e. The van der Waals surface area contributed by atoms with Gasteiger partial charge in [-0.15, -0.1) is 0 Å². The second kappa shape index (κ2) is 5.10. The second-order valence-electron chi connectivity index (χ2n) is 4.14. The molecular weight excluding hydrogens is 221 g/mol. The van der Waals surface area contributed by atoms with Crippen molar-refractivity contribution in [2.24, 2.45) is 0 Å². The van der Waals surface area contributed by atoms with Gasteiger partial charge in [0.15, 0.2) is 0 Å². The summed E-state index contributed by atoms with van der Waals surface area (Å²) in [6.45, 7) is 0.559. The van der Waals surface area contributed by atoms with Gasteiger partial charge in [-0.2, -0.15) is 0 Å². The standard InChI is InChI=1S/C13H14FNO2/c14-12-7-9(5-6-11(12)13(16)17)8-15-10-3-1-2-4-10/h1-2,5-7,10,15H,3-4,8H2,(H,16,17). The van der Waals surface area contributed by atoms with Crippen LogP contribution >= 0.6 is 0 Å². The molecule has 0 bridgehead atoms. The molecule has 0 heterocycles. The molecule has 0 amide bonds. The van der Waals surface area contributed by atoms with Crippen LogP contribution < -0.4 is 5.32 Å². The van der Waals surface area contributed by atoms with E-state index < -0.39 is 11.8 Å². The smallest absolute Gasteiger partial charge is 0.338 e. The quantitative estimate of drug-likeness (QED) is 0.787. The summed E-state index contributed by atoms with van der Waals surface area (Å²) in [4.78, 5) is 10.6. The van der Waals surface area contributed by atoms with Crippen LogP contribution in [0.25, 0.3) is 0 Å². The summed E-state index contributed by atoms with van der Waals surface area (Å²) in [6, 6.07) is 4.64. The lowest BCUT2D eigenvalue weighted by Crippen LogP contribution is -2.25. The molecule has 0 atom stereocenters. The van der Waals surface area contributed by atoms with E-state index in [2.05, 4.69) is 17.5 Å². The molecule has 0 saturated carbocycles. The zero-order valence-electron chi connectivity index (χ0n) is 9.32. The molecule has 0 unspecified atom stereocenters. The van der Waals surface area contributed by atoms with E-state index in [9.17, 15) is 9.18 Å². The van der Waals surface area contributed by atoms with E-state index in [1.54, 1.807) is 6.07 Å². The van der Waals surface area contributed by atoms with E-state index in [-0.39, 0.29) is 5.56 Å². The van der Waals surface area contributed by atoms with Crippen molar-refractivity contribution in [1.82, 2.24) is 5.32 Å². The second-order valence-corrected chi connectivity index (χ2v) is 4.14. The molecule has 0 radical (unpaired) electrons. The fourth-order valence-electron chi connectivity index (χ4n) is 1.89. The summed E-state index contributed by atoms with van der Waals surface area (Å²) in [6.07, 6.45) is 6.23. The molecule has 2 rings (SSSR count). The fraction of sp³-hybridized carbons (Fsp3) is 0.308. The van der Waals surface area contributed by atoms with Crippen LogP contribution in [0.3, 0.4) is 0 Å². The Morgan fingerprint density at radius 3 is 2.71 bits per heavy atom. The van der Waals surface area contributed by atoms with Crippen molar-refractivity contribution in [2.45, 2.75) is 25.4 Å². The zero-order valence-corrected chi connectivity index (χ0v) is 9.32. The van der Waals surface area contributed by atoms with Crippen LogP contribution in [0.2, 0.25) is 0 Å². The molecule has 2 N–H and O–H groups in total. The first-order valence-corrected chi connectivity index (χ1v) is 5.57. The lowest BCUT2D eigenvalue weighted by Gasteiger charge is -2.12. The molecule has 90 valence electrons. The van der Waals surface area contributed by atoms with Crippen molar-refractivity contribution >= 4 is 5.97 Å². The predicted octanol–water partition coefficient (Wildman–Crippen LogP) is 2.33. The SMILES string of the molecule is O=C(O)c1ccc(CNC2CC=CC2)cc1F. The molecule has 0 aromatic heterocycles. The molecule has 3 nitrogen and oxygen atoms in total. The molecule has 0 saturated heterocycles. The fourth-order valence-corrected chi connectivity index (χ4v) is 1.89. The first-order valence-electron chi connectivity index (χ1n) is 5.57. The number of carboxylic acid groups (broad SMARTS) is 1. The van der Waals surface area contributed by atoms with Crippen LogP contribution in [-0.4, -0.2) is 17.1 Å². The first kappa shape index (κ1) is 11.8. The normalized spacial score (nSPS) is 15.4. The molecule has 1 aromatic rings. The Bertz CT molecular complexity index is 449. The Balaban J connectivity index is 1.97. The van der Waals surface area contributed by atoms with Gasteiger partial charge in [0.25, 0.3) is 0 Å². The third kappa shape index (κ3) is 2.91. The number of aromatic carboxylic acids is 1. The van der Waals surface area contributed by atoms with E-state index in [1.165, 1.54) is 12.1 Å². The molecule has 4 heteroatoms. The van der Waals surface area contributed by atoms with Crippen LogP contribution in [-0.2, 0) is 6.54 Å². The van der Waals surface area contributed by atoms with Gasteiger partial charge in [-0.25, -0.2) is 9.18 Å². The van der Waals surface area contributed by atoms with E-state index in [0.29, 0.717) is 12.6 Å². The van der Waals surface area contributed by atoms with Crippen molar-refractivity contribution in [1.29, 1.82) is 0 Å². The Hall–Kier alpha value is -1.68. The van der Waals surface area contributed by atoms with Gasteiger partial charge in [0.2, 0.25) is 0 Å². The van der Waals surface area contributed by atoms with Crippen molar-refractivity contribution in [3.8, 4) is 0 Å². The van der Waals surface area contributed by atoms with Gasteiger partial charge in [-0.3, -0.25) is 0 Å². The predicted molar refractivity (Wildman–Crippen MR) is 62.4 cm³/mol. The molecule has 0 fully saturated rings. The molecule has 0 spiro atoms. The number of rotatable bonds is 4. The number of hydrogen-bond donors (Lipinski definition) is 2. The van der Waals surface area contributed by atoms with E-state index in [1.807, 2.05) is 0 Å². The van der Waals surface area contributed by atoms with E-state index in [0.717, 1.165) is 18.4 Å². The van der Waals surface area contributed by atoms with Gasteiger partial charge in [0, 0.05) is 12.6 Å². The first-order chi connectivity index (χ1) is 8.16. The lowest BCUT2D eigenvalue weighted by molar-refractivity contribution is 0.0692. The van der Waals surface area contributed by atoms with Gasteiger partial charge in [-0.05, 0) is 30.5 Å². The molecule has 1 aromatic carbocycles. The minimum Gasteiger partial charge on any atom is -0.478 e. The lowest BCUT2D eigenvalue weighted by atomic mass is 10.1. The maximum absolute atomic E-state index is 13.4. The maximum atomic E-state index is 13.4. The molecule has 1 aliphatic rings. The highest BCUT2D eigenvalue weighted by atomic mass is 19.1. The number of nitrogens with one attached hydrogen (secondary N) is 1. The molecule has 0 aliphatic heterocycles. The van der Waals surface area contributed by atoms with Crippen LogP contribution in [0, 0.1) is 5.82 Å². The molecule has 1 aliphatic carbocycles. The number of halogens is 1. The number of carboxylic acids is 1. The van der Waals surface area contributed by atoms with Crippen molar-refractivity contribution in [2.75, 3.05) is 0 Å². The number of carbonyl (C=O) groups is 1. The Kier molecular flexibility index (Phi) is 3.54. The largest absolute Gasteiger partial charge is 0.478 e. The van der Waals surface area contributed by atoms with E-state index >= 15 is 0 Å². The summed E-state index contributed by atoms with van der Waals surface area (Å²) < 4.78 is 13.4. The van der Waals surface area contributed by atoms with Gasteiger partial charge in [-0.1, -0.05) is 18.2 Å². The third-order valence-corrected chi connectivity index (χ3v) is 2.87. The highest BCUT2D eigenvalue weighted by Gasteiger charge is 2.12. The van der Waals surface area contributed by atoms with Crippen molar-refractivity contribution < 1.29 is 14.3 Å². The summed E-state index contributed by atoms with van der Waals surface area (Å²) in [5.74, 6) is -1.91. The topological polar surface area (TPSA) is 49.3 Å². The summed E-state index contributed by atoms with van der Waals surface area (Å²) >= 11 is 0. The van der Waals surface area contributed by atoms with E-state index in [4.69, 9.17) is 5.11 Å². The highest BCUT2D eigenvalue weighted by Crippen LogP contribution is 2.13. The average molecular weight is 235 g/mol. The Labute approximate surface area is 99.0 Å². The summed E-state index contributed by atoms with van der Waals surface area (Å²) in [5.41, 5.74) is 0.482. The Morgan fingerprint density at radius 1 is 1.41 bits per heavy atom. The van der Waals surface area contributed by atoms with Gasteiger partial charge in [0.1, 0.15) is 5.82 Å². The average Bonchev–Trinajstić information content (AvgIpc) is 2.78. The van der Waals surface area contributed by atoms with Gasteiger partial charge >= 0.3 is 5.97 Å². The summed E-state index contributed by atoms with van der Waals surface area (Å²) in [7, 11) is 0. The van der Waals surface area contributed by atoms with Gasteiger partial charge < -0.3 is 10.4 Å². The van der Waals surface area contributed by atoms with Crippen molar-refractivity contribution in [3.63, 3.8) is 0 Å². The Morgan fingerprint density at radius 2 is 2.12 bits per heavy atom. The van der Waals surface area contributed by atoms with Crippen LogP contribution in [0.4, 0.5) is 4.39 Å². The number of hydrogen-bond acceptors (Lipinski definition) is 2. The third-order valence-electron chi connectivity index (χ3n) is 2.87. The van der Waals surface area contributed by atoms with Crippen molar-refractivity contribution in [3.05, 3.63) is 47.3 Å². The minimum atomic E-state index is -1.23. The number of benzene rings is 1. The van der Waals surface area contributed by atoms with Gasteiger partial charge in [0.05, 0.1) is 5.56 Å². The molecular formula is C13H14FNO2. The van der Waals surface area contributed by atoms with Crippen LogP contribution in [0.1, 0.15) is 28.8 Å².